The van der Waals surface area contributed by atoms with Gasteiger partial charge in [-0.2, -0.15) is 0 Å². The maximum absolute atomic E-state index is 11.5. The average Bonchev–Trinajstić information content (AvgIpc) is 2.86. The van der Waals surface area contributed by atoms with Gasteiger partial charge in [0.25, 0.3) is 0 Å². The Morgan fingerprint density at radius 2 is 2.06 bits per heavy atom. The van der Waals surface area contributed by atoms with Gasteiger partial charge in [0.05, 0.1) is 0 Å². The average molecular weight is 250 g/mol. The summed E-state index contributed by atoms with van der Waals surface area (Å²) in [5.74, 6) is 0.680. The van der Waals surface area contributed by atoms with Crippen molar-refractivity contribution in [3.05, 3.63) is 21.9 Å². The third kappa shape index (κ3) is 1.14. The van der Waals surface area contributed by atoms with Crippen LogP contribution in [0.2, 0.25) is 0 Å². The highest BCUT2D eigenvalue weighted by Gasteiger charge is 2.69. The van der Waals surface area contributed by atoms with Gasteiger partial charge in [-0.3, -0.25) is 0 Å². The second-order valence-electron chi connectivity index (χ2n) is 6.87. The van der Waals surface area contributed by atoms with E-state index in [0.29, 0.717) is 5.92 Å². The maximum atomic E-state index is 11.5. The minimum Gasteiger partial charge on any atom is -0.383 e. The summed E-state index contributed by atoms with van der Waals surface area (Å²) in [5, 5.41) is 13.6. The minimum absolute atomic E-state index is 0.00954. The monoisotopic (exact) mass is 250 g/mol. The molecule has 1 aromatic heterocycles. The standard InChI is InChI=1S/C15H22OS/c1-10-6-8-17-12(10)15(16)13(2,3)11-5-7-14(15,4)9-11/h6,8,11,16H,5,7,9H2,1-4H3. The van der Waals surface area contributed by atoms with Gasteiger partial charge in [-0.05, 0) is 49.1 Å². The van der Waals surface area contributed by atoms with Crippen molar-refractivity contribution in [2.45, 2.75) is 52.6 Å². The lowest BCUT2D eigenvalue weighted by Gasteiger charge is -2.50. The van der Waals surface area contributed by atoms with E-state index in [0.717, 1.165) is 0 Å². The van der Waals surface area contributed by atoms with E-state index in [1.54, 1.807) is 11.3 Å². The van der Waals surface area contributed by atoms with Crippen LogP contribution in [0, 0.1) is 23.7 Å². The highest BCUT2D eigenvalue weighted by atomic mass is 32.1. The van der Waals surface area contributed by atoms with Crippen LogP contribution in [0.3, 0.4) is 0 Å². The van der Waals surface area contributed by atoms with Crippen LogP contribution in [-0.4, -0.2) is 5.11 Å². The van der Waals surface area contributed by atoms with Gasteiger partial charge in [0, 0.05) is 15.7 Å². The van der Waals surface area contributed by atoms with Gasteiger partial charge < -0.3 is 5.11 Å². The molecule has 94 valence electrons. The third-order valence-electron chi connectivity index (χ3n) is 5.76. The molecule has 0 radical (unpaired) electrons. The molecule has 2 aliphatic carbocycles. The third-order valence-corrected chi connectivity index (χ3v) is 6.88. The molecule has 2 saturated carbocycles. The predicted octanol–water partition coefficient (Wildman–Crippen LogP) is 4.09. The van der Waals surface area contributed by atoms with E-state index in [4.69, 9.17) is 0 Å². The second-order valence-corrected chi connectivity index (χ2v) is 7.78. The summed E-state index contributed by atoms with van der Waals surface area (Å²) in [6, 6.07) is 2.14. The first-order valence-corrected chi connectivity index (χ1v) is 7.48. The van der Waals surface area contributed by atoms with E-state index in [1.165, 1.54) is 29.7 Å². The Morgan fingerprint density at radius 3 is 2.53 bits per heavy atom. The van der Waals surface area contributed by atoms with Crippen LogP contribution in [0.5, 0.6) is 0 Å². The van der Waals surface area contributed by atoms with Crippen molar-refractivity contribution in [2.24, 2.45) is 16.7 Å². The van der Waals surface area contributed by atoms with Crippen molar-refractivity contribution in [3.8, 4) is 0 Å². The maximum Gasteiger partial charge on any atom is 0.110 e. The van der Waals surface area contributed by atoms with Crippen LogP contribution in [0.1, 0.15) is 50.5 Å². The summed E-state index contributed by atoms with van der Waals surface area (Å²) in [6.45, 7) is 8.96. The van der Waals surface area contributed by atoms with Crippen molar-refractivity contribution in [1.82, 2.24) is 0 Å². The van der Waals surface area contributed by atoms with E-state index in [2.05, 4.69) is 39.1 Å². The van der Waals surface area contributed by atoms with E-state index >= 15 is 0 Å². The number of fused-ring (bicyclic) bond motifs is 2. The van der Waals surface area contributed by atoms with Crippen molar-refractivity contribution in [2.75, 3.05) is 0 Å². The quantitative estimate of drug-likeness (QED) is 0.796. The summed E-state index contributed by atoms with van der Waals surface area (Å²) >= 11 is 1.74. The van der Waals surface area contributed by atoms with E-state index < -0.39 is 5.60 Å². The molecular formula is C15H22OS. The summed E-state index contributed by atoms with van der Waals surface area (Å²) in [5.41, 5.74) is 0.729. The number of rotatable bonds is 1. The van der Waals surface area contributed by atoms with Gasteiger partial charge >= 0.3 is 0 Å². The Bertz CT molecular complexity index is 454. The molecule has 1 nitrogen and oxygen atoms in total. The molecule has 3 unspecified atom stereocenters. The van der Waals surface area contributed by atoms with E-state index in [-0.39, 0.29) is 10.8 Å². The van der Waals surface area contributed by atoms with Crippen molar-refractivity contribution in [1.29, 1.82) is 0 Å². The van der Waals surface area contributed by atoms with Crippen LogP contribution in [0.4, 0.5) is 0 Å². The van der Waals surface area contributed by atoms with Crippen molar-refractivity contribution >= 4 is 11.3 Å². The molecule has 0 aromatic carbocycles. The molecule has 2 aliphatic rings. The van der Waals surface area contributed by atoms with E-state index in [1.807, 2.05) is 0 Å². The molecule has 3 atom stereocenters. The lowest BCUT2D eigenvalue weighted by molar-refractivity contribution is -0.148. The predicted molar refractivity (Wildman–Crippen MR) is 72.2 cm³/mol. The molecule has 0 aliphatic heterocycles. The van der Waals surface area contributed by atoms with E-state index in [9.17, 15) is 5.11 Å². The van der Waals surface area contributed by atoms with Crippen LogP contribution >= 0.6 is 11.3 Å². The smallest absolute Gasteiger partial charge is 0.110 e. The zero-order chi connectivity index (χ0) is 12.5. The van der Waals surface area contributed by atoms with Gasteiger partial charge in [-0.15, -0.1) is 11.3 Å². The number of aryl methyl sites for hydroxylation is 1. The molecule has 2 heteroatoms. The van der Waals surface area contributed by atoms with Crippen molar-refractivity contribution < 1.29 is 5.11 Å². The number of hydrogen-bond acceptors (Lipinski definition) is 2. The Balaban J connectivity index is 2.21. The number of hydrogen-bond donors (Lipinski definition) is 1. The fourth-order valence-electron chi connectivity index (χ4n) is 4.57. The normalized spacial score (nSPS) is 43.2. The van der Waals surface area contributed by atoms with Gasteiger partial charge in [-0.1, -0.05) is 20.8 Å². The molecule has 0 amide bonds. The van der Waals surface area contributed by atoms with Gasteiger partial charge in [0.15, 0.2) is 0 Å². The molecule has 0 spiro atoms. The molecule has 17 heavy (non-hydrogen) atoms. The molecule has 0 saturated heterocycles. The van der Waals surface area contributed by atoms with Gasteiger partial charge in [0.1, 0.15) is 5.60 Å². The Labute approximate surface area is 108 Å². The van der Waals surface area contributed by atoms with Crippen LogP contribution < -0.4 is 0 Å². The molecule has 3 rings (SSSR count). The molecule has 1 aromatic rings. The topological polar surface area (TPSA) is 20.2 Å². The Hall–Kier alpha value is -0.340. The second kappa shape index (κ2) is 3.16. The van der Waals surface area contributed by atoms with Gasteiger partial charge in [-0.25, -0.2) is 0 Å². The number of thiophene rings is 1. The first kappa shape index (κ1) is 11.7. The molecule has 1 heterocycles. The zero-order valence-electron chi connectivity index (χ0n) is 11.2. The van der Waals surface area contributed by atoms with Gasteiger partial charge in [0.2, 0.25) is 0 Å². The summed E-state index contributed by atoms with van der Waals surface area (Å²) in [7, 11) is 0. The lowest BCUT2D eigenvalue weighted by Crippen LogP contribution is -2.51. The fourth-order valence-corrected chi connectivity index (χ4v) is 5.91. The number of aliphatic hydroxyl groups is 1. The highest BCUT2D eigenvalue weighted by Crippen LogP contribution is 2.72. The Morgan fingerprint density at radius 1 is 1.35 bits per heavy atom. The summed E-state index contributed by atoms with van der Waals surface area (Å²) in [4.78, 5) is 1.22. The highest BCUT2D eigenvalue weighted by molar-refractivity contribution is 7.10. The fraction of sp³-hybridized carbons (Fsp3) is 0.733. The van der Waals surface area contributed by atoms with Crippen molar-refractivity contribution in [3.63, 3.8) is 0 Å². The summed E-state index contributed by atoms with van der Waals surface area (Å²) < 4.78 is 0. The molecular weight excluding hydrogens is 228 g/mol. The zero-order valence-corrected chi connectivity index (χ0v) is 12.0. The summed E-state index contributed by atoms with van der Waals surface area (Å²) in [6.07, 6.45) is 3.65. The molecule has 2 fully saturated rings. The minimum atomic E-state index is -0.624. The first-order chi connectivity index (χ1) is 7.83. The van der Waals surface area contributed by atoms with Crippen LogP contribution in [0.15, 0.2) is 11.4 Å². The first-order valence-electron chi connectivity index (χ1n) is 6.60. The molecule has 2 bridgehead atoms. The van der Waals surface area contributed by atoms with Crippen LogP contribution in [-0.2, 0) is 5.60 Å². The molecule has 1 N–H and O–H groups in total. The lowest BCUT2D eigenvalue weighted by atomic mass is 9.59. The Kier molecular flexibility index (Phi) is 2.18. The van der Waals surface area contributed by atoms with Crippen LogP contribution in [0.25, 0.3) is 0 Å². The largest absolute Gasteiger partial charge is 0.383 e. The SMILES string of the molecule is Cc1ccsc1C1(O)C2(C)CCC(C2)C1(C)C.